The maximum Gasteiger partial charge on any atom is 0.136 e. The second kappa shape index (κ2) is 9.38. The zero-order chi connectivity index (χ0) is 12.4. The lowest BCUT2D eigenvalue weighted by atomic mass is 9.98. The number of ketones is 1. The molecule has 0 aromatic rings. The smallest absolute Gasteiger partial charge is 0.136 e. The zero-order valence-corrected chi connectivity index (χ0v) is 11.3. The van der Waals surface area contributed by atoms with Crippen molar-refractivity contribution in [2.45, 2.75) is 59.8 Å². The normalized spacial score (nSPS) is 14.4. The topological polar surface area (TPSA) is 17.1 Å². The van der Waals surface area contributed by atoms with Crippen molar-refractivity contribution in [3.63, 3.8) is 0 Å². The Bertz CT molecular complexity index is 248. The SMILES string of the molecule is CCCCCCC=CC=C(C)C(C)C(C)=O. The van der Waals surface area contributed by atoms with Crippen molar-refractivity contribution < 1.29 is 4.79 Å². The van der Waals surface area contributed by atoms with Gasteiger partial charge in [0, 0.05) is 5.92 Å². The van der Waals surface area contributed by atoms with E-state index in [0.29, 0.717) is 0 Å². The summed E-state index contributed by atoms with van der Waals surface area (Å²) in [6.07, 6.45) is 12.7. The van der Waals surface area contributed by atoms with Crippen molar-refractivity contribution in [3.8, 4) is 0 Å². The first kappa shape index (κ1) is 15.2. The minimum Gasteiger partial charge on any atom is -0.299 e. The van der Waals surface area contributed by atoms with Crippen molar-refractivity contribution in [1.82, 2.24) is 0 Å². The second-order valence-electron chi connectivity index (χ2n) is 4.52. The third kappa shape index (κ3) is 7.44. The van der Waals surface area contributed by atoms with Gasteiger partial charge < -0.3 is 0 Å². The molecule has 92 valence electrons. The molecule has 1 heteroatoms. The first-order chi connectivity index (χ1) is 7.59. The Labute approximate surface area is 101 Å². The summed E-state index contributed by atoms with van der Waals surface area (Å²) in [6.45, 7) is 7.86. The molecule has 0 aromatic heterocycles. The molecule has 0 aromatic carbocycles. The molecule has 0 spiro atoms. The quantitative estimate of drug-likeness (QED) is 0.430. The van der Waals surface area contributed by atoms with E-state index >= 15 is 0 Å². The molecule has 0 rings (SSSR count). The highest BCUT2D eigenvalue weighted by molar-refractivity contribution is 5.80. The van der Waals surface area contributed by atoms with Crippen LogP contribution < -0.4 is 0 Å². The molecule has 0 aliphatic heterocycles. The van der Waals surface area contributed by atoms with E-state index in [1.54, 1.807) is 6.92 Å². The minimum absolute atomic E-state index is 0.0599. The van der Waals surface area contributed by atoms with Crippen LogP contribution in [0.3, 0.4) is 0 Å². The van der Waals surface area contributed by atoms with Gasteiger partial charge in [0.25, 0.3) is 0 Å². The Kier molecular flexibility index (Phi) is 8.88. The molecule has 0 saturated heterocycles. The van der Waals surface area contributed by atoms with Crippen molar-refractivity contribution >= 4 is 5.78 Å². The van der Waals surface area contributed by atoms with Gasteiger partial charge in [0.2, 0.25) is 0 Å². The molecule has 0 bridgehead atoms. The van der Waals surface area contributed by atoms with E-state index in [-0.39, 0.29) is 11.7 Å². The van der Waals surface area contributed by atoms with Gasteiger partial charge in [0.05, 0.1) is 0 Å². The van der Waals surface area contributed by atoms with Crippen molar-refractivity contribution in [2.24, 2.45) is 5.92 Å². The van der Waals surface area contributed by atoms with Crippen molar-refractivity contribution in [2.75, 3.05) is 0 Å². The Balaban J connectivity index is 3.79. The lowest BCUT2D eigenvalue weighted by Crippen LogP contribution is -2.06. The van der Waals surface area contributed by atoms with E-state index in [2.05, 4.69) is 25.2 Å². The number of Topliss-reactive ketones (excluding diaryl/α,β-unsaturated/α-hetero) is 1. The molecule has 1 nitrogen and oxygen atoms in total. The largest absolute Gasteiger partial charge is 0.299 e. The van der Waals surface area contributed by atoms with Gasteiger partial charge in [0.1, 0.15) is 5.78 Å². The molecule has 0 radical (unpaired) electrons. The fraction of sp³-hybridized carbons (Fsp3) is 0.667. The number of hydrogen-bond donors (Lipinski definition) is 0. The molecule has 0 fully saturated rings. The van der Waals surface area contributed by atoms with Crippen molar-refractivity contribution in [3.05, 3.63) is 23.8 Å². The predicted molar refractivity (Wildman–Crippen MR) is 71.5 cm³/mol. The van der Waals surface area contributed by atoms with Crippen LogP contribution >= 0.6 is 0 Å². The van der Waals surface area contributed by atoms with Crippen LogP contribution in [-0.2, 0) is 4.79 Å². The molecule has 1 unspecified atom stereocenters. The molecule has 16 heavy (non-hydrogen) atoms. The van der Waals surface area contributed by atoms with Crippen LogP contribution in [0.2, 0.25) is 0 Å². The van der Waals surface area contributed by atoms with E-state index in [1.165, 1.54) is 25.7 Å². The van der Waals surface area contributed by atoms with Gasteiger partial charge in [-0.05, 0) is 26.7 Å². The Hall–Kier alpha value is -0.850. The maximum atomic E-state index is 11.1. The van der Waals surface area contributed by atoms with Crippen LogP contribution in [-0.4, -0.2) is 5.78 Å². The van der Waals surface area contributed by atoms with E-state index in [1.807, 2.05) is 13.8 Å². The van der Waals surface area contributed by atoms with E-state index in [0.717, 1.165) is 12.0 Å². The summed E-state index contributed by atoms with van der Waals surface area (Å²) >= 11 is 0. The average Bonchev–Trinajstić information content (AvgIpc) is 2.26. The first-order valence-electron chi connectivity index (χ1n) is 6.43. The van der Waals surface area contributed by atoms with Crippen molar-refractivity contribution in [1.29, 1.82) is 0 Å². The minimum atomic E-state index is 0.0599. The van der Waals surface area contributed by atoms with Gasteiger partial charge in [-0.2, -0.15) is 0 Å². The van der Waals surface area contributed by atoms with Gasteiger partial charge in [-0.15, -0.1) is 0 Å². The van der Waals surface area contributed by atoms with Crippen LogP contribution in [0.15, 0.2) is 23.8 Å². The second-order valence-corrected chi connectivity index (χ2v) is 4.52. The van der Waals surface area contributed by atoms with Gasteiger partial charge >= 0.3 is 0 Å². The molecule has 0 saturated carbocycles. The number of hydrogen-bond acceptors (Lipinski definition) is 1. The van der Waals surface area contributed by atoms with E-state index in [9.17, 15) is 4.79 Å². The summed E-state index contributed by atoms with van der Waals surface area (Å²) in [5.74, 6) is 0.301. The number of allylic oxidation sites excluding steroid dienone is 4. The molecular formula is C15H26O. The summed E-state index contributed by atoms with van der Waals surface area (Å²) in [5.41, 5.74) is 1.15. The van der Waals surface area contributed by atoms with Gasteiger partial charge in [-0.25, -0.2) is 0 Å². The molecule has 0 heterocycles. The average molecular weight is 222 g/mol. The highest BCUT2D eigenvalue weighted by Crippen LogP contribution is 2.10. The molecule has 0 amide bonds. The number of carbonyl (C=O) groups excluding carboxylic acids is 1. The Morgan fingerprint density at radius 2 is 1.88 bits per heavy atom. The molecule has 0 N–H and O–H groups in total. The van der Waals surface area contributed by atoms with Crippen LogP contribution in [0, 0.1) is 5.92 Å². The third-order valence-corrected chi connectivity index (χ3v) is 3.01. The standard InChI is InChI=1S/C15H26O/c1-5-6-7-8-9-10-11-12-13(2)14(3)15(4)16/h10-12,14H,5-9H2,1-4H3. The summed E-state index contributed by atoms with van der Waals surface area (Å²) in [7, 11) is 0. The monoisotopic (exact) mass is 222 g/mol. The van der Waals surface area contributed by atoms with Crippen LogP contribution in [0.1, 0.15) is 59.8 Å². The third-order valence-electron chi connectivity index (χ3n) is 3.01. The van der Waals surface area contributed by atoms with E-state index < -0.39 is 0 Å². The highest BCUT2D eigenvalue weighted by atomic mass is 16.1. The molecule has 0 aliphatic carbocycles. The van der Waals surface area contributed by atoms with Crippen LogP contribution in [0.4, 0.5) is 0 Å². The first-order valence-corrected chi connectivity index (χ1v) is 6.43. The fourth-order valence-electron chi connectivity index (χ4n) is 1.47. The number of carbonyl (C=O) groups is 1. The molecule has 0 aliphatic rings. The van der Waals surface area contributed by atoms with Crippen LogP contribution in [0.5, 0.6) is 0 Å². The highest BCUT2D eigenvalue weighted by Gasteiger charge is 2.07. The summed E-state index contributed by atoms with van der Waals surface area (Å²) in [5, 5.41) is 0. The number of rotatable bonds is 8. The van der Waals surface area contributed by atoms with Crippen LogP contribution in [0.25, 0.3) is 0 Å². The molecular weight excluding hydrogens is 196 g/mol. The molecule has 1 atom stereocenters. The van der Waals surface area contributed by atoms with Gasteiger partial charge in [-0.3, -0.25) is 4.79 Å². The summed E-state index contributed by atoms with van der Waals surface area (Å²) < 4.78 is 0. The summed E-state index contributed by atoms with van der Waals surface area (Å²) in [6, 6.07) is 0. The summed E-state index contributed by atoms with van der Waals surface area (Å²) in [4.78, 5) is 11.1. The zero-order valence-electron chi connectivity index (χ0n) is 11.3. The fourth-order valence-corrected chi connectivity index (χ4v) is 1.47. The maximum absolute atomic E-state index is 11.1. The Morgan fingerprint density at radius 1 is 1.19 bits per heavy atom. The van der Waals surface area contributed by atoms with Gasteiger partial charge in [-0.1, -0.05) is 56.9 Å². The lowest BCUT2D eigenvalue weighted by molar-refractivity contribution is -0.119. The lowest BCUT2D eigenvalue weighted by Gasteiger charge is -2.05. The number of unbranched alkanes of at least 4 members (excludes halogenated alkanes) is 4. The Morgan fingerprint density at radius 3 is 2.44 bits per heavy atom. The van der Waals surface area contributed by atoms with Gasteiger partial charge in [0.15, 0.2) is 0 Å². The predicted octanol–water partition coefficient (Wildman–Crippen LogP) is 4.68. The van der Waals surface area contributed by atoms with E-state index in [4.69, 9.17) is 0 Å².